The van der Waals surface area contributed by atoms with Crippen molar-refractivity contribution in [1.82, 2.24) is 10.3 Å². The number of hydrogen-bond acceptors (Lipinski definition) is 4. The highest BCUT2D eigenvalue weighted by Gasteiger charge is 2.04. The van der Waals surface area contributed by atoms with E-state index in [2.05, 4.69) is 10.3 Å². The summed E-state index contributed by atoms with van der Waals surface area (Å²) in [7, 11) is 0. The highest BCUT2D eigenvalue weighted by Crippen LogP contribution is 2.13. The van der Waals surface area contributed by atoms with Gasteiger partial charge in [-0.1, -0.05) is 18.2 Å². The van der Waals surface area contributed by atoms with Crippen molar-refractivity contribution in [2.24, 2.45) is 5.73 Å². The third kappa shape index (κ3) is 8.15. The molecule has 0 aliphatic rings. The molecule has 1 aromatic heterocycles. The van der Waals surface area contributed by atoms with Gasteiger partial charge in [-0.25, -0.2) is 0 Å². The van der Waals surface area contributed by atoms with Crippen molar-refractivity contribution in [2.75, 3.05) is 0 Å². The molecule has 132 valence electrons. The van der Waals surface area contributed by atoms with Crippen LogP contribution in [0.3, 0.4) is 0 Å². The van der Waals surface area contributed by atoms with Crippen LogP contribution in [-0.2, 0) is 17.9 Å². The van der Waals surface area contributed by atoms with Gasteiger partial charge in [0.1, 0.15) is 12.4 Å². The molecule has 5 nitrogen and oxygen atoms in total. The summed E-state index contributed by atoms with van der Waals surface area (Å²) in [6, 6.07) is 13.2. The molecule has 0 saturated heterocycles. The number of carbonyl (C=O) groups excluding carboxylic acids is 1. The summed E-state index contributed by atoms with van der Waals surface area (Å²) in [6.45, 7) is 2.74. The van der Waals surface area contributed by atoms with Crippen LogP contribution in [0.5, 0.6) is 5.75 Å². The predicted molar refractivity (Wildman–Crippen MR) is 99.6 cm³/mol. The highest BCUT2D eigenvalue weighted by atomic mass is 35.5. The molecule has 0 bridgehead atoms. The zero-order valence-corrected chi connectivity index (χ0v) is 15.1. The van der Waals surface area contributed by atoms with E-state index in [0.717, 1.165) is 17.0 Å². The van der Waals surface area contributed by atoms with Gasteiger partial charge in [-0.2, -0.15) is 0 Å². The van der Waals surface area contributed by atoms with Crippen LogP contribution in [0.15, 0.2) is 48.7 Å². The Morgan fingerprint density at radius 3 is 2.50 bits per heavy atom. The Bertz CT molecular complexity index is 593. The average Bonchev–Trinajstić information content (AvgIpc) is 2.52. The Balaban J connectivity index is 0.00000264. The van der Waals surface area contributed by atoms with Crippen molar-refractivity contribution in [1.29, 1.82) is 0 Å². The molecule has 0 radical (unpaired) electrons. The van der Waals surface area contributed by atoms with Gasteiger partial charge < -0.3 is 15.8 Å². The minimum atomic E-state index is -0.123. The summed E-state index contributed by atoms with van der Waals surface area (Å²) in [5.41, 5.74) is 7.48. The lowest BCUT2D eigenvalue weighted by Gasteiger charge is -2.09. The molecule has 0 spiro atoms. The molecule has 0 aliphatic heterocycles. The highest BCUT2D eigenvalue weighted by molar-refractivity contribution is 5.85. The smallest absolute Gasteiger partial charge is 0.221 e. The lowest BCUT2D eigenvalue weighted by atomic mass is 10.2. The Morgan fingerprint density at radius 2 is 1.92 bits per heavy atom. The van der Waals surface area contributed by atoms with Gasteiger partial charge in [0.2, 0.25) is 5.91 Å². The van der Waals surface area contributed by atoms with E-state index in [1.807, 2.05) is 49.4 Å². The summed E-state index contributed by atoms with van der Waals surface area (Å²) in [6.07, 6.45) is 2.08. The lowest BCUT2D eigenvalue weighted by Crippen LogP contribution is -2.29. The SMILES string of the molecule is CC(N)CC(=O)NCc1ccc(OCc2ccccn2)cc1.Cl.Cl. The molecule has 2 aromatic rings. The number of benzene rings is 1. The second-order valence-electron chi connectivity index (χ2n) is 5.21. The first-order valence-corrected chi connectivity index (χ1v) is 7.27. The molecule has 0 saturated carbocycles. The van der Waals surface area contributed by atoms with Crippen LogP contribution in [-0.4, -0.2) is 16.9 Å². The number of rotatable bonds is 7. The molecule has 0 aliphatic carbocycles. The van der Waals surface area contributed by atoms with E-state index in [4.69, 9.17) is 10.5 Å². The number of aromatic nitrogens is 1. The van der Waals surface area contributed by atoms with Crippen molar-refractivity contribution >= 4 is 30.7 Å². The maximum absolute atomic E-state index is 11.5. The van der Waals surface area contributed by atoms with Crippen molar-refractivity contribution in [3.05, 3.63) is 59.9 Å². The van der Waals surface area contributed by atoms with Crippen LogP contribution in [0.25, 0.3) is 0 Å². The van der Waals surface area contributed by atoms with E-state index in [0.29, 0.717) is 19.6 Å². The molecular weight excluding hydrogens is 349 g/mol. The maximum Gasteiger partial charge on any atom is 0.221 e. The van der Waals surface area contributed by atoms with Gasteiger partial charge in [-0.05, 0) is 36.8 Å². The fourth-order valence-electron chi connectivity index (χ4n) is 1.91. The van der Waals surface area contributed by atoms with Crippen molar-refractivity contribution in [2.45, 2.75) is 32.5 Å². The van der Waals surface area contributed by atoms with Gasteiger partial charge in [-0.15, -0.1) is 24.8 Å². The largest absolute Gasteiger partial charge is 0.487 e. The van der Waals surface area contributed by atoms with E-state index in [-0.39, 0.29) is 36.8 Å². The zero-order valence-electron chi connectivity index (χ0n) is 13.5. The molecule has 1 amide bonds. The predicted octanol–water partition coefficient (Wildman–Crippen LogP) is 2.86. The van der Waals surface area contributed by atoms with Gasteiger partial charge in [-0.3, -0.25) is 9.78 Å². The summed E-state index contributed by atoms with van der Waals surface area (Å²) in [5.74, 6) is 0.738. The van der Waals surface area contributed by atoms with E-state index in [1.54, 1.807) is 6.20 Å². The molecule has 0 fully saturated rings. The average molecular weight is 372 g/mol. The van der Waals surface area contributed by atoms with E-state index in [1.165, 1.54) is 0 Å². The van der Waals surface area contributed by atoms with Gasteiger partial charge in [0, 0.05) is 25.2 Å². The molecule has 1 heterocycles. The van der Waals surface area contributed by atoms with Crippen molar-refractivity contribution in [3.63, 3.8) is 0 Å². The Kier molecular flexibility index (Phi) is 10.8. The molecule has 24 heavy (non-hydrogen) atoms. The van der Waals surface area contributed by atoms with E-state index < -0.39 is 0 Å². The monoisotopic (exact) mass is 371 g/mol. The van der Waals surface area contributed by atoms with Crippen molar-refractivity contribution in [3.8, 4) is 5.75 Å². The number of carbonyl (C=O) groups is 1. The number of nitrogens with one attached hydrogen (secondary N) is 1. The first-order valence-electron chi connectivity index (χ1n) is 7.27. The van der Waals surface area contributed by atoms with Crippen LogP contribution in [0.4, 0.5) is 0 Å². The fraction of sp³-hybridized carbons (Fsp3) is 0.294. The number of hydrogen-bond donors (Lipinski definition) is 2. The molecular formula is C17H23Cl2N3O2. The van der Waals surface area contributed by atoms with Gasteiger partial charge >= 0.3 is 0 Å². The van der Waals surface area contributed by atoms with Crippen LogP contribution < -0.4 is 15.8 Å². The molecule has 1 unspecified atom stereocenters. The zero-order chi connectivity index (χ0) is 15.8. The number of ether oxygens (including phenoxy) is 1. The molecule has 1 atom stereocenters. The summed E-state index contributed by atoms with van der Waals surface area (Å²) >= 11 is 0. The molecule has 7 heteroatoms. The molecule has 1 aromatic carbocycles. The normalized spacial score (nSPS) is 10.8. The molecule has 2 rings (SSSR count). The number of halogens is 2. The summed E-state index contributed by atoms with van der Waals surface area (Å²) in [5, 5.41) is 2.84. The fourth-order valence-corrected chi connectivity index (χ4v) is 1.91. The molecule has 3 N–H and O–H groups in total. The van der Waals surface area contributed by atoms with Gasteiger partial charge in [0.05, 0.1) is 5.69 Å². The third-order valence-electron chi connectivity index (χ3n) is 3.03. The standard InChI is InChI=1S/C17H21N3O2.2ClH/c1-13(18)10-17(21)20-11-14-5-7-16(8-6-14)22-12-15-4-2-3-9-19-15;;/h2-9,13H,10-12,18H2,1H3,(H,20,21);2*1H. The summed E-state index contributed by atoms with van der Waals surface area (Å²) in [4.78, 5) is 15.7. The van der Waals surface area contributed by atoms with Crippen molar-refractivity contribution < 1.29 is 9.53 Å². The number of amides is 1. The quantitative estimate of drug-likeness (QED) is 0.784. The Labute approximate surface area is 154 Å². The van der Waals surface area contributed by atoms with Crippen LogP contribution >= 0.6 is 24.8 Å². The Hall–Kier alpha value is -1.82. The third-order valence-corrected chi connectivity index (χ3v) is 3.03. The second-order valence-corrected chi connectivity index (χ2v) is 5.21. The number of nitrogens with zero attached hydrogens (tertiary/aromatic N) is 1. The number of pyridine rings is 1. The lowest BCUT2D eigenvalue weighted by molar-refractivity contribution is -0.121. The van der Waals surface area contributed by atoms with Crippen LogP contribution in [0.1, 0.15) is 24.6 Å². The first-order chi connectivity index (χ1) is 10.6. The van der Waals surface area contributed by atoms with E-state index in [9.17, 15) is 4.79 Å². The number of nitrogens with two attached hydrogens (primary N) is 1. The van der Waals surface area contributed by atoms with Crippen LogP contribution in [0, 0.1) is 0 Å². The van der Waals surface area contributed by atoms with Gasteiger partial charge in [0.15, 0.2) is 0 Å². The minimum absolute atomic E-state index is 0. The second kappa shape index (κ2) is 11.7. The topological polar surface area (TPSA) is 77.2 Å². The minimum Gasteiger partial charge on any atom is -0.487 e. The van der Waals surface area contributed by atoms with Crippen LogP contribution in [0.2, 0.25) is 0 Å². The van der Waals surface area contributed by atoms with E-state index >= 15 is 0 Å². The first kappa shape index (κ1) is 22.2. The van der Waals surface area contributed by atoms with Gasteiger partial charge in [0.25, 0.3) is 0 Å². The summed E-state index contributed by atoms with van der Waals surface area (Å²) < 4.78 is 5.66. The maximum atomic E-state index is 11.5. The Morgan fingerprint density at radius 1 is 1.21 bits per heavy atom.